The molecule has 1 aromatic carbocycles. The van der Waals surface area contributed by atoms with Crippen LogP contribution < -0.4 is 5.56 Å². The van der Waals surface area contributed by atoms with E-state index in [4.69, 9.17) is 4.98 Å². The molecule has 0 unspecified atom stereocenters. The third-order valence-corrected chi connectivity index (χ3v) is 7.51. The van der Waals surface area contributed by atoms with Gasteiger partial charge in [0.15, 0.2) is 0 Å². The number of nitrogens with zero attached hydrogens (tertiary/aromatic N) is 2. The van der Waals surface area contributed by atoms with E-state index in [1.165, 1.54) is 48.1 Å². The van der Waals surface area contributed by atoms with Crippen molar-refractivity contribution in [1.29, 1.82) is 0 Å². The summed E-state index contributed by atoms with van der Waals surface area (Å²) in [6.07, 6.45) is 8.19. The number of aromatic amines is 1. The summed E-state index contributed by atoms with van der Waals surface area (Å²) in [5.74, 6) is 1.59. The highest BCUT2D eigenvalue weighted by Gasteiger charge is 2.22. The van der Waals surface area contributed by atoms with Crippen LogP contribution in [0.25, 0.3) is 10.2 Å². The van der Waals surface area contributed by atoms with Crippen molar-refractivity contribution in [3.63, 3.8) is 0 Å². The first-order chi connectivity index (χ1) is 13.8. The van der Waals surface area contributed by atoms with E-state index in [1.54, 1.807) is 11.3 Å². The molecular formula is C23H27N3OS. The van der Waals surface area contributed by atoms with Crippen LogP contribution in [0.2, 0.25) is 0 Å². The monoisotopic (exact) mass is 393 g/mol. The van der Waals surface area contributed by atoms with Gasteiger partial charge >= 0.3 is 0 Å². The van der Waals surface area contributed by atoms with Gasteiger partial charge in [0.05, 0.1) is 11.9 Å². The highest BCUT2D eigenvalue weighted by Crippen LogP contribution is 2.33. The number of aromatic nitrogens is 2. The molecule has 2 aromatic heterocycles. The van der Waals surface area contributed by atoms with Crippen LogP contribution in [0.4, 0.5) is 0 Å². The lowest BCUT2D eigenvalue weighted by Crippen LogP contribution is -2.34. The average Bonchev–Trinajstić information content (AvgIpc) is 3.09. The van der Waals surface area contributed by atoms with Crippen LogP contribution >= 0.6 is 11.3 Å². The summed E-state index contributed by atoms with van der Waals surface area (Å²) in [5.41, 5.74) is 2.78. The molecule has 0 saturated carbocycles. The molecule has 0 amide bonds. The quantitative estimate of drug-likeness (QED) is 0.718. The van der Waals surface area contributed by atoms with Crippen LogP contribution in [-0.2, 0) is 25.8 Å². The van der Waals surface area contributed by atoms with Crippen LogP contribution in [0.5, 0.6) is 0 Å². The Bertz CT molecular complexity index is 1020. The zero-order valence-electron chi connectivity index (χ0n) is 16.2. The number of fused-ring (bicyclic) bond motifs is 3. The first kappa shape index (κ1) is 18.1. The van der Waals surface area contributed by atoms with Gasteiger partial charge in [0.2, 0.25) is 0 Å². The predicted octanol–water partition coefficient (Wildman–Crippen LogP) is 4.32. The minimum atomic E-state index is 0.0679. The number of hydrogen-bond donors (Lipinski definition) is 1. The Kier molecular flexibility index (Phi) is 5.03. The molecule has 1 N–H and O–H groups in total. The van der Waals surface area contributed by atoms with Gasteiger partial charge in [-0.3, -0.25) is 9.69 Å². The molecule has 3 aromatic rings. The van der Waals surface area contributed by atoms with Crippen molar-refractivity contribution in [2.75, 3.05) is 13.1 Å². The summed E-state index contributed by atoms with van der Waals surface area (Å²) in [4.78, 5) is 25.4. The zero-order valence-corrected chi connectivity index (χ0v) is 17.1. The van der Waals surface area contributed by atoms with Gasteiger partial charge in [0.25, 0.3) is 5.56 Å². The highest BCUT2D eigenvalue weighted by molar-refractivity contribution is 7.18. The fourth-order valence-electron chi connectivity index (χ4n) is 4.79. The number of rotatable bonds is 4. The highest BCUT2D eigenvalue weighted by atomic mass is 32.1. The number of thiophene rings is 1. The third-order valence-electron chi connectivity index (χ3n) is 6.32. The molecule has 0 bridgehead atoms. The maximum atomic E-state index is 12.7. The van der Waals surface area contributed by atoms with Gasteiger partial charge in [0, 0.05) is 4.88 Å². The van der Waals surface area contributed by atoms with Crippen molar-refractivity contribution in [3.05, 3.63) is 62.5 Å². The first-order valence-corrected chi connectivity index (χ1v) is 11.4. The molecule has 4 nitrogen and oxygen atoms in total. The van der Waals surface area contributed by atoms with Gasteiger partial charge in [-0.05, 0) is 75.1 Å². The molecule has 3 heterocycles. The number of piperidine rings is 1. The van der Waals surface area contributed by atoms with Crippen molar-refractivity contribution in [3.8, 4) is 0 Å². The standard InChI is InChI=1S/C23H27N3OS/c27-22-21-18-8-4-5-9-19(18)28-23(21)25-20(24-22)15-26-12-10-17(11-13-26)14-16-6-2-1-3-7-16/h1-3,6-7,17H,4-5,8-15H2,(H,24,25,27). The van der Waals surface area contributed by atoms with E-state index in [-0.39, 0.29) is 5.56 Å². The number of aryl methyl sites for hydroxylation is 2. The molecule has 146 valence electrons. The maximum absolute atomic E-state index is 12.7. The van der Waals surface area contributed by atoms with Crippen molar-refractivity contribution in [2.24, 2.45) is 5.92 Å². The molecular weight excluding hydrogens is 366 g/mol. The molecule has 28 heavy (non-hydrogen) atoms. The lowest BCUT2D eigenvalue weighted by Gasteiger charge is -2.31. The second kappa shape index (κ2) is 7.80. The largest absolute Gasteiger partial charge is 0.309 e. The second-order valence-electron chi connectivity index (χ2n) is 8.31. The van der Waals surface area contributed by atoms with Crippen LogP contribution in [0.15, 0.2) is 35.1 Å². The Morgan fingerprint density at radius 3 is 2.71 bits per heavy atom. The smallest absolute Gasteiger partial charge is 0.259 e. The summed E-state index contributed by atoms with van der Waals surface area (Å²) in [5, 5.41) is 0.866. The van der Waals surface area contributed by atoms with Crippen LogP contribution in [-0.4, -0.2) is 28.0 Å². The van der Waals surface area contributed by atoms with Crippen molar-refractivity contribution in [2.45, 2.75) is 51.5 Å². The number of nitrogens with one attached hydrogen (secondary N) is 1. The molecule has 1 fully saturated rings. The number of hydrogen-bond acceptors (Lipinski definition) is 4. The van der Waals surface area contributed by atoms with E-state index in [2.05, 4.69) is 40.2 Å². The lowest BCUT2D eigenvalue weighted by molar-refractivity contribution is 0.173. The van der Waals surface area contributed by atoms with Gasteiger partial charge in [-0.1, -0.05) is 30.3 Å². The van der Waals surface area contributed by atoms with E-state index < -0.39 is 0 Å². The summed E-state index contributed by atoms with van der Waals surface area (Å²) in [6.45, 7) is 2.92. The van der Waals surface area contributed by atoms with E-state index in [9.17, 15) is 4.79 Å². The maximum Gasteiger partial charge on any atom is 0.259 e. The van der Waals surface area contributed by atoms with Gasteiger partial charge < -0.3 is 4.98 Å². The van der Waals surface area contributed by atoms with E-state index >= 15 is 0 Å². The zero-order chi connectivity index (χ0) is 18.9. The van der Waals surface area contributed by atoms with Crippen LogP contribution in [0, 0.1) is 5.92 Å². The van der Waals surface area contributed by atoms with E-state index in [0.717, 1.165) is 54.4 Å². The molecule has 0 radical (unpaired) electrons. The van der Waals surface area contributed by atoms with Gasteiger partial charge in [-0.2, -0.15) is 0 Å². The minimum absolute atomic E-state index is 0.0679. The van der Waals surface area contributed by atoms with Crippen molar-refractivity contribution >= 4 is 21.6 Å². The topological polar surface area (TPSA) is 49.0 Å². The molecule has 2 aliphatic rings. The Hall–Kier alpha value is -1.98. The first-order valence-electron chi connectivity index (χ1n) is 10.6. The summed E-state index contributed by atoms with van der Waals surface area (Å²) >= 11 is 1.74. The Morgan fingerprint density at radius 1 is 1.11 bits per heavy atom. The molecule has 5 rings (SSSR count). The molecule has 0 spiro atoms. The third kappa shape index (κ3) is 3.65. The number of H-pyrrole nitrogens is 1. The number of benzene rings is 1. The molecule has 1 aliphatic heterocycles. The Morgan fingerprint density at radius 2 is 1.89 bits per heavy atom. The fourth-order valence-corrected chi connectivity index (χ4v) is 6.07. The van der Waals surface area contributed by atoms with Crippen LogP contribution in [0.1, 0.15) is 47.5 Å². The summed E-state index contributed by atoms with van der Waals surface area (Å²) in [7, 11) is 0. The molecule has 1 saturated heterocycles. The Balaban J connectivity index is 1.26. The predicted molar refractivity (Wildman–Crippen MR) is 115 cm³/mol. The molecule has 5 heteroatoms. The van der Waals surface area contributed by atoms with Gasteiger partial charge in [-0.15, -0.1) is 11.3 Å². The van der Waals surface area contributed by atoms with Gasteiger partial charge in [0.1, 0.15) is 10.7 Å². The van der Waals surface area contributed by atoms with E-state index in [1.807, 2.05) is 0 Å². The number of likely N-dealkylation sites (tertiary alicyclic amines) is 1. The van der Waals surface area contributed by atoms with Crippen molar-refractivity contribution < 1.29 is 0 Å². The molecule has 1 aliphatic carbocycles. The van der Waals surface area contributed by atoms with Gasteiger partial charge in [-0.25, -0.2) is 4.98 Å². The summed E-state index contributed by atoms with van der Waals surface area (Å²) in [6, 6.07) is 10.8. The normalized spacial score (nSPS) is 18.4. The average molecular weight is 394 g/mol. The fraction of sp³-hybridized carbons (Fsp3) is 0.478. The second-order valence-corrected chi connectivity index (χ2v) is 9.40. The summed E-state index contributed by atoms with van der Waals surface area (Å²) < 4.78 is 0. The Labute approximate surface area is 169 Å². The van der Waals surface area contributed by atoms with Crippen LogP contribution in [0.3, 0.4) is 0 Å². The van der Waals surface area contributed by atoms with E-state index in [0.29, 0.717) is 0 Å². The minimum Gasteiger partial charge on any atom is -0.309 e. The molecule has 0 atom stereocenters. The lowest BCUT2D eigenvalue weighted by atomic mass is 9.90. The SMILES string of the molecule is O=c1[nH]c(CN2CCC(Cc3ccccc3)CC2)nc2sc3c(c12)CCCC3. The van der Waals surface area contributed by atoms with Crippen molar-refractivity contribution in [1.82, 2.24) is 14.9 Å².